The minimum absolute atomic E-state index is 0.157. The Hall–Kier alpha value is -1.49. The number of hydrogen-bond donors (Lipinski definition) is 2. The van der Waals surface area contributed by atoms with E-state index in [-0.39, 0.29) is 29.2 Å². The number of carboxylic acid groups (broad SMARTS) is 1. The number of nitrogens with one attached hydrogen (secondary N) is 1. The zero-order valence-electron chi connectivity index (χ0n) is 11.7. The highest BCUT2D eigenvalue weighted by Gasteiger charge is 2.16. The first-order chi connectivity index (χ1) is 9.40. The Morgan fingerprint density at radius 2 is 2.05 bits per heavy atom. The van der Waals surface area contributed by atoms with E-state index in [0.717, 1.165) is 6.42 Å². The van der Waals surface area contributed by atoms with Crippen molar-refractivity contribution in [3.05, 3.63) is 23.1 Å². The van der Waals surface area contributed by atoms with Crippen molar-refractivity contribution in [3.63, 3.8) is 0 Å². The third-order valence-corrected chi connectivity index (χ3v) is 3.47. The molecule has 2 N–H and O–H groups in total. The molecule has 5 nitrogen and oxygen atoms in total. The minimum Gasteiger partial charge on any atom is -0.481 e. The van der Waals surface area contributed by atoms with Gasteiger partial charge in [0.2, 0.25) is 0 Å². The van der Waals surface area contributed by atoms with Crippen molar-refractivity contribution < 1.29 is 19.1 Å². The molecule has 0 radical (unpaired) electrons. The first-order valence-electron chi connectivity index (χ1n) is 6.65. The molecule has 6 heteroatoms. The molecule has 1 heterocycles. The first kappa shape index (κ1) is 16.6. The molecule has 1 amide bonds. The summed E-state index contributed by atoms with van der Waals surface area (Å²) in [5.74, 6) is -0.264. The number of carboxylic acids is 1. The van der Waals surface area contributed by atoms with Crippen molar-refractivity contribution in [1.82, 2.24) is 5.32 Å². The molecule has 0 bridgehead atoms. The van der Waals surface area contributed by atoms with Gasteiger partial charge < -0.3 is 14.8 Å². The zero-order valence-corrected chi connectivity index (χ0v) is 12.4. The number of carbonyl (C=O) groups is 2. The van der Waals surface area contributed by atoms with Crippen molar-refractivity contribution in [1.29, 1.82) is 0 Å². The van der Waals surface area contributed by atoms with E-state index in [9.17, 15) is 9.59 Å². The van der Waals surface area contributed by atoms with Gasteiger partial charge in [0.25, 0.3) is 5.91 Å². The topological polar surface area (TPSA) is 79.5 Å². The largest absolute Gasteiger partial charge is 0.481 e. The lowest BCUT2D eigenvalue weighted by molar-refractivity contribution is -0.137. The summed E-state index contributed by atoms with van der Waals surface area (Å²) in [6, 6.07) is 3.03. The van der Waals surface area contributed by atoms with E-state index < -0.39 is 5.97 Å². The summed E-state index contributed by atoms with van der Waals surface area (Å²) in [4.78, 5) is 22.3. The van der Waals surface area contributed by atoms with Gasteiger partial charge in [-0.15, -0.1) is 0 Å². The Kier molecular flexibility index (Phi) is 6.58. The maximum Gasteiger partial charge on any atom is 0.303 e. The Bertz CT molecular complexity index is 456. The molecule has 1 aromatic rings. The second-order valence-electron chi connectivity index (χ2n) is 5.08. The molecule has 0 aliphatic rings. The van der Waals surface area contributed by atoms with E-state index in [1.807, 2.05) is 0 Å². The average Bonchev–Trinajstić information content (AvgIpc) is 2.79. The maximum atomic E-state index is 11.7. The van der Waals surface area contributed by atoms with Crippen LogP contribution in [0.15, 0.2) is 16.5 Å². The number of hydrogen-bond acceptors (Lipinski definition) is 3. The van der Waals surface area contributed by atoms with Crippen molar-refractivity contribution >= 4 is 23.5 Å². The van der Waals surface area contributed by atoms with E-state index in [1.165, 1.54) is 12.1 Å². The SMILES string of the molecule is CC(C)C(CCNC(=O)c1ccc(Cl)o1)CCC(=O)O. The molecule has 112 valence electrons. The summed E-state index contributed by atoms with van der Waals surface area (Å²) in [5, 5.41) is 11.6. The smallest absolute Gasteiger partial charge is 0.303 e. The van der Waals surface area contributed by atoms with E-state index in [4.69, 9.17) is 21.1 Å². The number of carbonyl (C=O) groups excluding carboxylic acids is 1. The maximum absolute atomic E-state index is 11.7. The molecule has 0 saturated carbocycles. The van der Waals surface area contributed by atoms with Gasteiger partial charge in [-0.2, -0.15) is 0 Å². The molecule has 0 spiro atoms. The molecule has 1 atom stereocenters. The molecule has 0 aliphatic heterocycles. The van der Waals surface area contributed by atoms with Crippen LogP contribution in [0.4, 0.5) is 0 Å². The van der Waals surface area contributed by atoms with Gasteiger partial charge in [0.15, 0.2) is 11.0 Å². The van der Waals surface area contributed by atoms with Crippen molar-refractivity contribution in [2.75, 3.05) is 6.54 Å². The summed E-state index contributed by atoms with van der Waals surface area (Å²) >= 11 is 5.60. The van der Waals surface area contributed by atoms with Gasteiger partial charge in [0, 0.05) is 13.0 Å². The molecule has 20 heavy (non-hydrogen) atoms. The number of rotatable bonds is 8. The van der Waals surface area contributed by atoms with Crippen LogP contribution >= 0.6 is 11.6 Å². The van der Waals surface area contributed by atoms with Gasteiger partial charge in [0.05, 0.1) is 0 Å². The molecular formula is C14H20ClNO4. The highest BCUT2D eigenvalue weighted by molar-refractivity contribution is 6.29. The van der Waals surface area contributed by atoms with Crippen LogP contribution in [0.5, 0.6) is 0 Å². The van der Waals surface area contributed by atoms with Crippen LogP contribution in [0, 0.1) is 11.8 Å². The predicted octanol–water partition coefficient (Wildman–Crippen LogP) is 3.19. The van der Waals surface area contributed by atoms with E-state index >= 15 is 0 Å². The lowest BCUT2D eigenvalue weighted by atomic mass is 9.88. The minimum atomic E-state index is -0.787. The first-order valence-corrected chi connectivity index (χ1v) is 7.03. The normalized spacial score (nSPS) is 12.4. The predicted molar refractivity (Wildman–Crippen MR) is 75.9 cm³/mol. The molecule has 1 unspecified atom stereocenters. The van der Waals surface area contributed by atoms with Crippen LogP contribution in [0.25, 0.3) is 0 Å². The van der Waals surface area contributed by atoms with E-state index in [0.29, 0.717) is 18.9 Å². The zero-order chi connectivity index (χ0) is 15.1. The Balaban J connectivity index is 2.36. The Morgan fingerprint density at radius 1 is 1.35 bits per heavy atom. The fraction of sp³-hybridized carbons (Fsp3) is 0.571. The van der Waals surface area contributed by atoms with Gasteiger partial charge in [-0.25, -0.2) is 0 Å². The molecule has 0 saturated heterocycles. The number of furan rings is 1. The summed E-state index contributed by atoms with van der Waals surface area (Å²) in [5.41, 5.74) is 0. The summed E-state index contributed by atoms with van der Waals surface area (Å²) in [6.07, 6.45) is 1.52. The summed E-state index contributed by atoms with van der Waals surface area (Å²) in [7, 11) is 0. The third kappa shape index (κ3) is 5.65. The Morgan fingerprint density at radius 3 is 2.55 bits per heavy atom. The van der Waals surface area contributed by atoms with Crippen LogP contribution in [-0.2, 0) is 4.79 Å². The number of aliphatic carboxylic acids is 1. The quantitative estimate of drug-likeness (QED) is 0.773. The van der Waals surface area contributed by atoms with Gasteiger partial charge in [-0.3, -0.25) is 9.59 Å². The van der Waals surface area contributed by atoms with Crippen LogP contribution in [0.2, 0.25) is 5.22 Å². The number of amides is 1. The fourth-order valence-corrected chi connectivity index (χ4v) is 2.16. The van der Waals surface area contributed by atoms with Crippen LogP contribution in [0.3, 0.4) is 0 Å². The highest BCUT2D eigenvalue weighted by atomic mass is 35.5. The van der Waals surface area contributed by atoms with Crippen molar-refractivity contribution in [2.24, 2.45) is 11.8 Å². The van der Waals surface area contributed by atoms with Gasteiger partial charge in [-0.1, -0.05) is 13.8 Å². The lowest BCUT2D eigenvalue weighted by Gasteiger charge is -2.20. The third-order valence-electron chi connectivity index (χ3n) is 3.27. The average molecular weight is 302 g/mol. The van der Waals surface area contributed by atoms with Gasteiger partial charge in [-0.05, 0) is 48.4 Å². The molecule has 0 aliphatic carbocycles. The molecule has 0 fully saturated rings. The van der Waals surface area contributed by atoms with Crippen molar-refractivity contribution in [3.8, 4) is 0 Å². The monoisotopic (exact) mass is 301 g/mol. The highest BCUT2D eigenvalue weighted by Crippen LogP contribution is 2.20. The van der Waals surface area contributed by atoms with Gasteiger partial charge >= 0.3 is 5.97 Å². The van der Waals surface area contributed by atoms with Crippen LogP contribution in [-0.4, -0.2) is 23.5 Å². The molecule has 1 rings (SSSR count). The lowest BCUT2D eigenvalue weighted by Crippen LogP contribution is -2.26. The fourth-order valence-electron chi connectivity index (χ4n) is 2.01. The molecular weight excluding hydrogens is 282 g/mol. The summed E-state index contributed by atoms with van der Waals surface area (Å²) in [6.45, 7) is 4.60. The second-order valence-corrected chi connectivity index (χ2v) is 5.46. The second kappa shape index (κ2) is 7.94. The summed E-state index contributed by atoms with van der Waals surface area (Å²) < 4.78 is 5.00. The van der Waals surface area contributed by atoms with E-state index in [1.54, 1.807) is 0 Å². The Labute approximate surface area is 123 Å². The molecule has 0 aromatic carbocycles. The van der Waals surface area contributed by atoms with Gasteiger partial charge in [0.1, 0.15) is 0 Å². The van der Waals surface area contributed by atoms with Crippen LogP contribution < -0.4 is 5.32 Å². The number of halogens is 1. The van der Waals surface area contributed by atoms with Crippen molar-refractivity contribution in [2.45, 2.75) is 33.1 Å². The van der Waals surface area contributed by atoms with Crippen LogP contribution in [0.1, 0.15) is 43.7 Å². The van der Waals surface area contributed by atoms with E-state index in [2.05, 4.69) is 19.2 Å². The molecule has 1 aromatic heterocycles. The standard InChI is InChI=1S/C14H20ClNO4/c1-9(2)10(3-6-13(17)18)7-8-16-14(19)11-4-5-12(15)20-11/h4-5,9-10H,3,6-8H2,1-2H3,(H,16,19)(H,17,18).